The monoisotopic (exact) mass is 637 g/mol. The molecule has 2 heterocycles. The number of nitrogens with one attached hydrogen (secondary N) is 4. The standard InChI is InChI=1S/C29H37F2N5O7S/c1-42-17-22-24(26(37)43-2)25(18-7-8-20(30)21(31)15-18)36(28(39)35-22)27(38)34-14-13-32-19-9-12-33-23(16-19)29(44(3,40)41)10-5-4-6-11-29/h4-8,10,15,19,23,25,32-33H,9,11-14,16-17H2,1-3H3,(H,34,38)(H,35,39)/t19?,23?,25-,29?/m0/s1. The first kappa shape index (κ1) is 33.2. The molecule has 4 atom stereocenters. The predicted molar refractivity (Wildman–Crippen MR) is 157 cm³/mol. The Morgan fingerprint density at radius 1 is 1.16 bits per heavy atom. The lowest BCUT2D eigenvalue weighted by atomic mass is 9.84. The number of piperidine rings is 1. The van der Waals surface area contributed by atoms with Crippen LogP contribution in [0.15, 0.2) is 53.8 Å². The number of sulfone groups is 1. The molecule has 0 spiro atoms. The van der Waals surface area contributed by atoms with E-state index in [0.717, 1.165) is 25.7 Å². The molecule has 0 bridgehead atoms. The van der Waals surface area contributed by atoms with E-state index < -0.39 is 50.3 Å². The maximum atomic E-state index is 14.3. The van der Waals surface area contributed by atoms with Gasteiger partial charge in [-0.25, -0.2) is 36.5 Å². The number of esters is 1. The van der Waals surface area contributed by atoms with Gasteiger partial charge in [-0.2, -0.15) is 0 Å². The van der Waals surface area contributed by atoms with Gasteiger partial charge in [0.15, 0.2) is 21.5 Å². The van der Waals surface area contributed by atoms with Crippen molar-refractivity contribution in [2.45, 2.75) is 42.1 Å². The van der Waals surface area contributed by atoms with E-state index >= 15 is 0 Å². The van der Waals surface area contributed by atoms with Crippen molar-refractivity contribution in [1.82, 2.24) is 26.2 Å². The van der Waals surface area contributed by atoms with Gasteiger partial charge in [0.25, 0.3) is 0 Å². The van der Waals surface area contributed by atoms with Crippen molar-refractivity contribution in [1.29, 1.82) is 0 Å². The molecule has 1 aliphatic carbocycles. The van der Waals surface area contributed by atoms with Crippen LogP contribution in [-0.4, -0.2) is 94.9 Å². The normalized spacial score (nSPS) is 25.5. The highest BCUT2D eigenvalue weighted by molar-refractivity contribution is 7.92. The molecule has 12 nitrogen and oxygen atoms in total. The summed E-state index contributed by atoms with van der Waals surface area (Å²) in [5, 5.41) is 11.8. The SMILES string of the molecule is COCC1=C(C(=O)OC)[C@H](c2ccc(F)c(F)c2)N(C(=O)NCCNC2CCNC(C3(S(C)(=O)=O)C=CC=CC3)C2)C(=O)N1. The molecule has 1 saturated heterocycles. The second-order valence-corrected chi connectivity index (χ2v) is 13.1. The fraction of sp³-hybridized carbons (Fsp3) is 0.483. The van der Waals surface area contributed by atoms with E-state index in [2.05, 4.69) is 21.3 Å². The number of methoxy groups -OCH3 is 2. The molecule has 2 aliphatic heterocycles. The van der Waals surface area contributed by atoms with E-state index in [1.54, 1.807) is 12.2 Å². The summed E-state index contributed by atoms with van der Waals surface area (Å²) >= 11 is 0. The van der Waals surface area contributed by atoms with Crippen LogP contribution in [0.3, 0.4) is 0 Å². The maximum Gasteiger partial charge on any atom is 0.338 e. The summed E-state index contributed by atoms with van der Waals surface area (Å²) in [7, 11) is -0.991. The number of urea groups is 2. The lowest BCUT2D eigenvalue weighted by molar-refractivity contribution is -0.137. The summed E-state index contributed by atoms with van der Waals surface area (Å²) in [6.45, 7) is 0.716. The topological polar surface area (TPSA) is 155 Å². The summed E-state index contributed by atoms with van der Waals surface area (Å²) in [5.74, 6) is -3.27. The molecular formula is C29H37F2N5O7S. The molecule has 0 radical (unpaired) electrons. The maximum absolute atomic E-state index is 14.3. The van der Waals surface area contributed by atoms with Crippen LogP contribution in [-0.2, 0) is 24.1 Å². The van der Waals surface area contributed by atoms with Gasteiger partial charge in [-0.3, -0.25) is 0 Å². The third-order valence-corrected chi connectivity index (χ3v) is 10.1. The Labute approximate surface area is 254 Å². The van der Waals surface area contributed by atoms with E-state index in [9.17, 15) is 31.6 Å². The highest BCUT2D eigenvalue weighted by Gasteiger charge is 2.47. The molecule has 0 aromatic heterocycles. The van der Waals surface area contributed by atoms with E-state index in [-0.39, 0.29) is 48.6 Å². The number of carbonyl (C=O) groups is 3. The van der Waals surface area contributed by atoms with Crippen LogP contribution >= 0.6 is 0 Å². The molecule has 4 amide bonds. The van der Waals surface area contributed by atoms with Crippen LogP contribution in [0.1, 0.15) is 30.9 Å². The first-order chi connectivity index (χ1) is 20.9. The summed E-state index contributed by atoms with van der Waals surface area (Å²) in [6, 6.07) is -0.802. The first-order valence-corrected chi connectivity index (χ1v) is 16.0. The number of allylic oxidation sites excluding steroid dienone is 3. The molecule has 44 heavy (non-hydrogen) atoms. The second kappa shape index (κ2) is 14.0. The fourth-order valence-corrected chi connectivity index (χ4v) is 7.31. The fourth-order valence-electron chi connectivity index (χ4n) is 5.89. The second-order valence-electron chi connectivity index (χ2n) is 10.8. The van der Waals surface area contributed by atoms with Gasteiger partial charge < -0.3 is 30.7 Å². The van der Waals surface area contributed by atoms with Gasteiger partial charge in [0.05, 0.1) is 25.0 Å². The van der Waals surface area contributed by atoms with E-state index in [1.807, 2.05) is 12.2 Å². The minimum absolute atomic E-state index is 0.0143. The van der Waals surface area contributed by atoms with Gasteiger partial charge >= 0.3 is 18.0 Å². The van der Waals surface area contributed by atoms with E-state index in [4.69, 9.17) is 9.47 Å². The third kappa shape index (κ3) is 6.85. The molecule has 15 heteroatoms. The van der Waals surface area contributed by atoms with Crippen molar-refractivity contribution in [2.75, 3.05) is 46.7 Å². The number of rotatable bonds is 10. The van der Waals surface area contributed by atoms with Crippen LogP contribution < -0.4 is 21.3 Å². The van der Waals surface area contributed by atoms with Crippen LogP contribution in [0.5, 0.6) is 0 Å². The number of benzene rings is 1. The predicted octanol–water partition coefficient (Wildman–Crippen LogP) is 1.82. The zero-order valence-corrected chi connectivity index (χ0v) is 25.5. The van der Waals surface area contributed by atoms with Crippen molar-refractivity contribution < 1.29 is 41.1 Å². The highest BCUT2D eigenvalue weighted by Crippen LogP contribution is 2.36. The van der Waals surface area contributed by atoms with Crippen LogP contribution in [0.4, 0.5) is 18.4 Å². The Balaban J connectivity index is 1.47. The van der Waals surface area contributed by atoms with Gasteiger partial charge in [0, 0.05) is 38.5 Å². The van der Waals surface area contributed by atoms with Crippen LogP contribution in [0.25, 0.3) is 0 Å². The summed E-state index contributed by atoms with van der Waals surface area (Å²) in [6.07, 6.45) is 10.0. The summed E-state index contributed by atoms with van der Waals surface area (Å²) in [5.41, 5.74) is -0.200. The van der Waals surface area contributed by atoms with Gasteiger partial charge in [0.2, 0.25) is 0 Å². The van der Waals surface area contributed by atoms with Crippen molar-refractivity contribution in [3.05, 3.63) is 71.0 Å². The number of carbonyl (C=O) groups excluding carboxylic acids is 3. The van der Waals surface area contributed by atoms with Crippen molar-refractivity contribution in [3.8, 4) is 0 Å². The molecular weight excluding hydrogens is 600 g/mol. The number of hydrogen-bond donors (Lipinski definition) is 4. The zero-order chi connectivity index (χ0) is 32.1. The van der Waals surface area contributed by atoms with Crippen molar-refractivity contribution in [2.24, 2.45) is 0 Å². The molecule has 1 fully saturated rings. The average molecular weight is 638 g/mol. The van der Waals surface area contributed by atoms with E-state index in [0.29, 0.717) is 24.3 Å². The number of imide groups is 1. The molecule has 0 saturated carbocycles. The number of halogens is 2. The minimum atomic E-state index is -3.44. The zero-order valence-electron chi connectivity index (χ0n) is 24.7. The molecule has 3 unspecified atom stereocenters. The number of nitrogens with zero attached hydrogens (tertiary/aromatic N) is 1. The van der Waals surface area contributed by atoms with Crippen LogP contribution in [0, 0.1) is 11.6 Å². The molecule has 1 aromatic carbocycles. The average Bonchev–Trinajstić information content (AvgIpc) is 3.00. The van der Waals surface area contributed by atoms with Crippen molar-refractivity contribution in [3.63, 3.8) is 0 Å². The molecule has 3 aliphatic rings. The Hall–Kier alpha value is -3.66. The number of ether oxygens (including phenoxy) is 2. The van der Waals surface area contributed by atoms with Crippen molar-refractivity contribution >= 4 is 27.9 Å². The summed E-state index contributed by atoms with van der Waals surface area (Å²) in [4.78, 5) is 40.1. The minimum Gasteiger partial charge on any atom is -0.466 e. The van der Waals surface area contributed by atoms with Gasteiger partial charge in [-0.05, 0) is 43.5 Å². The Morgan fingerprint density at radius 2 is 1.93 bits per heavy atom. The Kier molecular flexibility index (Phi) is 10.6. The molecule has 240 valence electrons. The summed E-state index contributed by atoms with van der Waals surface area (Å²) < 4.78 is 62.6. The van der Waals surface area contributed by atoms with Gasteiger partial charge in [0.1, 0.15) is 10.8 Å². The lowest BCUT2D eigenvalue weighted by Gasteiger charge is -2.42. The number of hydrogen-bond acceptors (Lipinski definition) is 9. The quantitative estimate of drug-likeness (QED) is 0.222. The van der Waals surface area contributed by atoms with Gasteiger partial charge in [-0.1, -0.05) is 30.4 Å². The van der Waals surface area contributed by atoms with E-state index in [1.165, 1.54) is 19.4 Å². The Bertz CT molecular complexity index is 1480. The third-order valence-electron chi connectivity index (χ3n) is 8.09. The molecule has 1 aromatic rings. The molecule has 4 rings (SSSR count). The lowest BCUT2D eigenvalue weighted by Crippen LogP contribution is -2.60. The smallest absolute Gasteiger partial charge is 0.338 e. The van der Waals surface area contributed by atoms with Gasteiger partial charge in [-0.15, -0.1) is 0 Å². The largest absolute Gasteiger partial charge is 0.466 e. The highest BCUT2D eigenvalue weighted by atomic mass is 32.2. The first-order valence-electron chi connectivity index (χ1n) is 14.1. The molecule has 4 N–H and O–H groups in total. The van der Waals surface area contributed by atoms with Crippen LogP contribution in [0.2, 0.25) is 0 Å². The number of amides is 4. The Morgan fingerprint density at radius 3 is 2.57 bits per heavy atom.